The minimum absolute atomic E-state index is 0.0854. The molecular weight excluding hydrogens is 461 g/mol. The quantitative estimate of drug-likeness (QED) is 0.394. The summed E-state index contributed by atoms with van der Waals surface area (Å²) < 4.78 is 38.7. The molecule has 0 aliphatic rings. The molecule has 4 aromatic rings. The number of hydrogen-bond donors (Lipinski definition) is 2. The van der Waals surface area contributed by atoms with Crippen LogP contribution in [0.15, 0.2) is 66.2 Å². The van der Waals surface area contributed by atoms with Gasteiger partial charge in [-0.25, -0.2) is 22.5 Å². The Balaban J connectivity index is 1.67. The molecule has 0 unspecified atom stereocenters. The minimum Gasteiger partial charge on any atom is -0.396 e. The van der Waals surface area contributed by atoms with Crippen LogP contribution in [-0.2, 0) is 9.84 Å². The second-order valence-electron chi connectivity index (χ2n) is 7.74. The van der Waals surface area contributed by atoms with Crippen molar-refractivity contribution in [3.05, 3.63) is 78.1 Å². The van der Waals surface area contributed by atoms with Crippen molar-refractivity contribution in [3.63, 3.8) is 0 Å². The fourth-order valence-electron chi connectivity index (χ4n) is 3.61. The first-order valence-corrected chi connectivity index (χ1v) is 12.3. The smallest absolute Gasteiger partial charge is 0.254 e. The molecule has 1 amide bonds. The lowest BCUT2D eigenvalue weighted by molar-refractivity contribution is 0.0933. The van der Waals surface area contributed by atoms with Crippen molar-refractivity contribution >= 4 is 26.6 Å². The van der Waals surface area contributed by atoms with Gasteiger partial charge in [0, 0.05) is 30.6 Å². The number of pyridine rings is 2. The number of nitrogens with zero attached hydrogens (tertiary/aromatic N) is 4. The van der Waals surface area contributed by atoms with E-state index in [4.69, 9.17) is 0 Å². The van der Waals surface area contributed by atoms with E-state index in [0.717, 1.165) is 6.26 Å². The maximum absolute atomic E-state index is 13.3. The number of carbonyl (C=O) groups is 1. The second-order valence-corrected chi connectivity index (χ2v) is 9.71. The average molecular weight is 484 g/mol. The molecule has 0 fully saturated rings. The van der Waals surface area contributed by atoms with Crippen LogP contribution in [0.2, 0.25) is 0 Å². The fourth-order valence-corrected chi connectivity index (χ4v) is 4.21. The number of hydrogen-bond acceptors (Lipinski definition) is 7. The molecule has 1 aromatic carbocycles. The van der Waals surface area contributed by atoms with Crippen LogP contribution < -0.4 is 5.32 Å². The van der Waals surface area contributed by atoms with E-state index in [2.05, 4.69) is 20.4 Å². The van der Waals surface area contributed by atoms with E-state index in [1.807, 2.05) is 0 Å². The van der Waals surface area contributed by atoms with Crippen LogP contribution in [0.3, 0.4) is 0 Å². The van der Waals surface area contributed by atoms with E-state index >= 15 is 0 Å². The Bertz CT molecular complexity index is 1440. The molecule has 0 aliphatic heterocycles. The molecule has 0 bridgehead atoms. The summed E-state index contributed by atoms with van der Waals surface area (Å²) in [6, 6.07) is 8.26. The van der Waals surface area contributed by atoms with Gasteiger partial charge in [0.15, 0.2) is 14.9 Å². The summed E-state index contributed by atoms with van der Waals surface area (Å²) in [4.78, 5) is 21.3. The van der Waals surface area contributed by atoms with Crippen molar-refractivity contribution in [2.45, 2.75) is 23.9 Å². The van der Waals surface area contributed by atoms with Crippen LogP contribution in [-0.4, -0.2) is 52.0 Å². The molecule has 3 aromatic heterocycles. The van der Waals surface area contributed by atoms with Crippen molar-refractivity contribution in [3.8, 4) is 5.69 Å². The number of aliphatic hydroxyl groups is 1. The Kier molecular flexibility index (Phi) is 6.66. The maximum Gasteiger partial charge on any atom is 0.254 e. The van der Waals surface area contributed by atoms with Gasteiger partial charge in [-0.1, -0.05) is 0 Å². The molecule has 1 atom stereocenters. The highest BCUT2D eigenvalue weighted by molar-refractivity contribution is 7.90. The van der Waals surface area contributed by atoms with E-state index in [0.29, 0.717) is 35.0 Å². The molecule has 0 saturated heterocycles. The molecule has 34 heavy (non-hydrogen) atoms. The zero-order chi connectivity index (χ0) is 24.3. The Morgan fingerprint density at radius 3 is 2.65 bits per heavy atom. The van der Waals surface area contributed by atoms with Crippen molar-refractivity contribution in [1.29, 1.82) is 0 Å². The molecule has 0 spiro atoms. The van der Waals surface area contributed by atoms with Crippen molar-refractivity contribution in [1.82, 2.24) is 25.1 Å². The minimum atomic E-state index is -3.53. The molecule has 3 heterocycles. The highest BCUT2D eigenvalue weighted by Gasteiger charge is 2.21. The predicted molar refractivity (Wildman–Crippen MR) is 123 cm³/mol. The lowest BCUT2D eigenvalue weighted by Crippen LogP contribution is -2.29. The van der Waals surface area contributed by atoms with Crippen molar-refractivity contribution in [2.24, 2.45) is 0 Å². The molecule has 176 valence electrons. The third-order valence-corrected chi connectivity index (χ3v) is 6.29. The summed E-state index contributed by atoms with van der Waals surface area (Å²) in [7, 11) is -3.53. The molecule has 0 saturated carbocycles. The summed E-state index contributed by atoms with van der Waals surface area (Å²) in [5.74, 6) is -0.806. The first-order chi connectivity index (χ1) is 16.3. The number of nitrogens with one attached hydrogen (secondary N) is 1. The number of benzene rings is 1. The van der Waals surface area contributed by atoms with E-state index < -0.39 is 21.8 Å². The molecule has 4 rings (SSSR count). The number of carbonyl (C=O) groups excluding carboxylic acids is 1. The Labute approximate surface area is 195 Å². The summed E-state index contributed by atoms with van der Waals surface area (Å²) in [6.07, 6.45) is 7.73. The van der Waals surface area contributed by atoms with Gasteiger partial charge in [-0.15, -0.1) is 0 Å². The Morgan fingerprint density at radius 2 is 1.94 bits per heavy atom. The first-order valence-electron chi connectivity index (χ1n) is 10.4. The molecule has 0 aliphatic carbocycles. The zero-order valence-electron chi connectivity index (χ0n) is 18.2. The van der Waals surface area contributed by atoms with Crippen LogP contribution in [0.25, 0.3) is 16.6 Å². The average Bonchev–Trinajstić information content (AvgIpc) is 3.26. The summed E-state index contributed by atoms with van der Waals surface area (Å²) in [6.45, 7) is -0.0854. The van der Waals surface area contributed by atoms with Crippen LogP contribution in [0.4, 0.5) is 4.39 Å². The van der Waals surface area contributed by atoms with E-state index in [-0.39, 0.29) is 23.0 Å². The van der Waals surface area contributed by atoms with Crippen LogP contribution >= 0.6 is 0 Å². The van der Waals surface area contributed by atoms with Gasteiger partial charge in [0.05, 0.1) is 35.2 Å². The number of sulfone groups is 1. The standard InChI is InChI=1S/C23H22FN5O4S/c1-34(32,33)22-11-15(8-9-26-22)20(3-2-10-30)28-23(31)19-12-25-14-21-18(19)13-27-29(21)17-6-4-16(24)5-7-17/h4-9,11-14,20,30H,2-3,10H2,1H3,(H,28,31)/t20-/m0/s1. The van der Waals surface area contributed by atoms with Gasteiger partial charge >= 0.3 is 0 Å². The number of aliphatic hydroxyl groups excluding tert-OH is 1. The lowest BCUT2D eigenvalue weighted by Gasteiger charge is -2.19. The van der Waals surface area contributed by atoms with Gasteiger partial charge in [0.25, 0.3) is 5.91 Å². The first kappa shape index (κ1) is 23.5. The normalized spacial score (nSPS) is 12.6. The number of aromatic nitrogens is 4. The van der Waals surface area contributed by atoms with Crippen LogP contribution in [0, 0.1) is 5.82 Å². The monoisotopic (exact) mass is 483 g/mol. The third-order valence-electron chi connectivity index (χ3n) is 5.31. The number of fused-ring (bicyclic) bond motifs is 1. The highest BCUT2D eigenvalue weighted by atomic mass is 32.2. The van der Waals surface area contributed by atoms with Gasteiger partial charge in [-0.3, -0.25) is 9.78 Å². The van der Waals surface area contributed by atoms with Gasteiger partial charge in [-0.05, 0) is 54.8 Å². The third kappa shape index (κ3) is 4.95. The SMILES string of the molecule is CS(=O)(=O)c1cc([C@H](CCCO)NC(=O)c2cncc3c2cnn3-c2ccc(F)cc2)ccn1. The van der Waals surface area contributed by atoms with Gasteiger partial charge in [0.1, 0.15) is 5.82 Å². The molecule has 11 heteroatoms. The van der Waals surface area contributed by atoms with E-state index in [1.54, 1.807) is 29.1 Å². The molecular formula is C23H22FN5O4S. The molecule has 0 radical (unpaired) electrons. The summed E-state index contributed by atoms with van der Waals surface area (Å²) in [5, 5.41) is 17.0. The Hall–Kier alpha value is -3.70. The van der Waals surface area contributed by atoms with Crippen LogP contribution in [0.5, 0.6) is 0 Å². The van der Waals surface area contributed by atoms with Crippen LogP contribution in [0.1, 0.15) is 34.8 Å². The largest absolute Gasteiger partial charge is 0.396 e. The van der Waals surface area contributed by atoms with Crippen molar-refractivity contribution in [2.75, 3.05) is 12.9 Å². The second kappa shape index (κ2) is 9.65. The topological polar surface area (TPSA) is 127 Å². The van der Waals surface area contributed by atoms with Gasteiger partial charge < -0.3 is 10.4 Å². The predicted octanol–water partition coefficient (Wildman–Crippen LogP) is 2.60. The molecule has 2 N–H and O–H groups in total. The number of rotatable bonds is 8. The van der Waals surface area contributed by atoms with E-state index in [9.17, 15) is 22.7 Å². The van der Waals surface area contributed by atoms with Gasteiger partial charge in [-0.2, -0.15) is 5.10 Å². The summed E-state index contributed by atoms with van der Waals surface area (Å²) >= 11 is 0. The van der Waals surface area contributed by atoms with Crippen molar-refractivity contribution < 1.29 is 22.7 Å². The lowest BCUT2D eigenvalue weighted by atomic mass is 10.0. The highest BCUT2D eigenvalue weighted by Crippen LogP contribution is 2.24. The maximum atomic E-state index is 13.3. The van der Waals surface area contributed by atoms with E-state index in [1.165, 1.54) is 36.8 Å². The fraction of sp³-hybridized carbons (Fsp3) is 0.217. The number of halogens is 1. The zero-order valence-corrected chi connectivity index (χ0v) is 19.0. The number of amides is 1. The summed E-state index contributed by atoms with van der Waals surface area (Å²) in [5.41, 5.74) is 2.01. The molecule has 9 nitrogen and oxygen atoms in total. The van der Waals surface area contributed by atoms with Gasteiger partial charge in [0.2, 0.25) is 0 Å². The Morgan fingerprint density at radius 1 is 1.18 bits per heavy atom.